The van der Waals surface area contributed by atoms with Gasteiger partial charge in [0, 0.05) is 6.08 Å². The Hall–Kier alpha value is -2.34. The molecule has 2 rings (SSSR count). The van der Waals surface area contributed by atoms with E-state index in [1.54, 1.807) is 12.1 Å². The number of β-amino-alcohol motifs (C(OH)–C–C–N with tert-alkyl or cyclic N) is 1. The van der Waals surface area contributed by atoms with E-state index in [4.69, 9.17) is 9.84 Å². The number of hydrogen-bond donors (Lipinski definition) is 2. The molecule has 21 heavy (non-hydrogen) atoms. The lowest BCUT2D eigenvalue weighted by Crippen LogP contribution is -2.34. The molecule has 6 heteroatoms. The molecule has 2 N–H and O–H groups in total. The van der Waals surface area contributed by atoms with Crippen LogP contribution in [0.5, 0.6) is 5.75 Å². The maximum Gasteiger partial charge on any atom is 0.277 e. The summed E-state index contributed by atoms with van der Waals surface area (Å²) in [6, 6.07) is 7.22. The normalized spacial score (nSPS) is 14.4. The number of nitrogens with one attached hydrogen (secondary N) is 1. The van der Waals surface area contributed by atoms with Crippen molar-refractivity contribution in [1.82, 2.24) is 4.90 Å². The lowest BCUT2D eigenvalue weighted by atomic mass is 10.2. The van der Waals surface area contributed by atoms with Gasteiger partial charge in [-0.1, -0.05) is 19.1 Å². The number of carbonyl (C=O) groups is 2. The maximum absolute atomic E-state index is 12.1. The Morgan fingerprint density at radius 1 is 1.29 bits per heavy atom. The smallest absolute Gasteiger partial charge is 0.277 e. The monoisotopic (exact) mass is 290 g/mol. The van der Waals surface area contributed by atoms with Crippen LogP contribution in [0.25, 0.3) is 0 Å². The highest BCUT2D eigenvalue weighted by atomic mass is 16.5. The van der Waals surface area contributed by atoms with E-state index in [-0.39, 0.29) is 18.8 Å². The van der Waals surface area contributed by atoms with Crippen LogP contribution in [-0.4, -0.2) is 41.6 Å². The number of amides is 2. The molecule has 0 unspecified atom stereocenters. The number of aliphatic hydroxyl groups is 1. The highest BCUT2D eigenvalue weighted by Crippen LogP contribution is 2.26. The molecule has 0 radical (unpaired) electrons. The van der Waals surface area contributed by atoms with Crippen LogP contribution in [0.3, 0.4) is 0 Å². The average Bonchev–Trinajstić information content (AvgIpc) is 2.74. The first-order chi connectivity index (χ1) is 10.2. The van der Waals surface area contributed by atoms with Gasteiger partial charge in [0.05, 0.1) is 25.4 Å². The summed E-state index contributed by atoms with van der Waals surface area (Å²) >= 11 is 0. The molecule has 0 saturated carbocycles. The van der Waals surface area contributed by atoms with Gasteiger partial charge in [0.25, 0.3) is 11.8 Å². The van der Waals surface area contributed by atoms with E-state index >= 15 is 0 Å². The van der Waals surface area contributed by atoms with Crippen molar-refractivity contribution < 1.29 is 19.4 Å². The average molecular weight is 290 g/mol. The van der Waals surface area contributed by atoms with Gasteiger partial charge in [-0.25, -0.2) is 0 Å². The number of rotatable bonds is 7. The van der Waals surface area contributed by atoms with Crippen molar-refractivity contribution in [2.45, 2.75) is 13.3 Å². The van der Waals surface area contributed by atoms with Gasteiger partial charge >= 0.3 is 0 Å². The fraction of sp³-hybridized carbons (Fsp3) is 0.333. The number of benzene rings is 1. The zero-order chi connectivity index (χ0) is 15.2. The molecule has 1 aliphatic heterocycles. The third kappa shape index (κ3) is 3.41. The van der Waals surface area contributed by atoms with Gasteiger partial charge in [-0.2, -0.15) is 0 Å². The van der Waals surface area contributed by atoms with Crippen LogP contribution < -0.4 is 10.1 Å². The number of imide groups is 1. The van der Waals surface area contributed by atoms with E-state index in [2.05, 4.69) is 5.32 Å². The Morgan fingerprint density at radius 2 is 2.05 bits per heavy atom. The highest BCUT2D eigenvalue weighted by Gasteiger charge is 2.30. The second kappa shape index (κ2) is 6.90. The van der Waals surface area contributed by atoms with Gasteiger partial charge in [-0.15, -0.1) is 0 Å². The molecule has 1 aliphatic rings. The summed E-state index contributed by atoms with van der Waals surface area (Å²) in [6.45, 7) is 2.31. The molecule has 0 bridgehead atoms. The summed E-state index contributed by atoms with van der Waals surface area (Å²) in [5.74, 6) is -0.246. The van der Waals surface area contributed by atoms with E-state index in [0.29, 0.717) is 18.0 Å². The van der Waals surface area contributed by atoms with Gasteiger partial charge in [-0.3, -0.25) is 14.5 Å². The molecule has 0 aliphatic carbocycles. The Morgan fingerprint density at radius 3 is 2.76 bits per heavy atom. The van der Waals surface area contributed by atoms with Gasteiger partial charge in [0.15, 0.2) is 0 Å². The summed E-state index contributed by atoms with van der Waals surface area (Å²) in [5, 5.41) is 11.8. The molecule has 112 valence electrons. The number of aliphatic hydroxyl groups excluding tert-OH is 1. The number of para-hydroxylation sites is 2. The minimum Gasteiger partial charge on any atom is -0.491 e. The second-order valence-electron chi connectivity index (χ2n) is 4.55. The van der Waals surface area contributed by atoms with Crippen molar-refractivity contribution in [2.75, 3.05) is 25.1 Å². The molecule has 0 spiro atoms. The van der Waals surface area contributed by atoms with Crippen LogP contribution in [-0.2, 0) is 9.59 Å². The van der Waals surface area contributed by atoms with Gasteiger partial charge in [-0.05, 0) is 18.6 Å². The standard InChI is InChI=1S/C15H18N2O4/c1-2-9-21-13-6-4-3-5-11(13)16-12-10-14(19)17(7-8-18)15(12)20/h3-6,10,16,18H,2,7-9H2,1H3. The molecule has 0 atom stereocenters. The Labute approximate surface area is 123 Å². The summed E-state index contributed by atoms with van der Waals surface area (Å²) < 4.78 is 5.59. The van der Waals surface area contributed by atoms with Gasteiger partial charge in [0.1, 0.15) is 11.4 Å². The first-order valence-corrected chi connectivity index (χ1v) is 6.84. The zero-order valence-electron chi connectivity index (χ0n) is 11.8. The number of hydrogen-bond acceptors (Lipinski definition) is 5. The third-order valence-corrected chi connectivity index (χ3v) is 2.95. The molecule has 0 fully saturated rings. The number of anilines is 1. The van der Waals surface area contributed by atoms with Crippen LogP contribution in [0.4, 0.5) is 5.69 Å². The molecular weight excluding hydrogens is 272 g/mol. The molecule has 6 nitrogen and oxygen atoms in total. The highest BCUT2D eigenvalue weighted by molar-refractivity contribution is 6.17. The fourth-order valence-electron chi connectivity index (χ4n) is 1.96. The van der Waals surface area contributed by atoms with E-state index in [0.717, 1.165) is 11.3 Å². The predicted octanol–water partition coefficient (Wildman–Crippen LogP) is 1.13. The van der Waals surface area contributed by atoms with E-state index in [9.17, 15) is 9.59 Å². The summed E-state index contributed by atoms with van der Waals surface area (Å²) in [6.07, 6.45) is 2.10. The second-order valence-corrected chi connectivity index (χ2v) is 4.55. The first kappa shape index (κ1) is 15.1. The summed E-state index contributed by atoms with van der Waals surface area (Å²) in [4.78, 5) is 24.7. The van der Waals surface area contributed by atoms with Crippen LogP contribution in [0.15, 0.2) is 36.0 Å². The summed E-state index contributed by atoms with van der Waals surface area (Å²) in [7, 11) is 0. The van der Waals surface area contributed by atoms with Gasteiger partial charge in [0.2, 0.25) is 0 Å². The molecule has 0 aromatic heterocycles. The lowest BCUT2D eigenvalue weighted by molar-refractivity contribution is -0.137. The first-order valence-electron chi connectivity index (χ1n) is 6.84. The van der Waals surface area contributed by atoms with Crippen molar-refractivity contribution in [2.24, 2.45) is 0 Å². The Balaban J connectivity index is 2.14. The number of carbonyl (C=O) groups excluding carboxylic acids is 2. The Bertz CT molecular complexity index is 569. The molecule has 1 aromatic carbocycles. The third-order valence-electron chi connectivity index (χ3n) is 2.95. The molecule has 2 amide bonds. The SMILES string of the molecule is CCCOc1ccccc1NC1=CC(=O)N(CCO)C1=O. The van der Waals surface area contributed by atoms with Crippen LogP contribution in [0.2, 0.25) is 0 Å². The number of ether oxygens (including phenoxy) is 1. The molecule has 1 aromatic rings. The van der Waals surface area contributed by atoms with E-state index in [1.165, 1.54) is 6.08 Å². The van der Waals surface area contributed by atoms with Gasteiger partial charge < -0.3 is 15.2 Å². The largest absolute Gasteiger partial charge is 0.491 e. The topological polar surface area (TPSA) is 78.9 Å². The van der Waals surface area contributed by atoms with Crippen molar-refractivity contribution in [1.29, 1.82) is 0 Å². The van der Waals surface area contributed by atoms with Crippen molar-refractivity contribution in [3.8, 4) is 5.75 Å². The van der Waals surface area contributed by atoms with Crippen molar-refractivity contribution >= 4 is 17.5 Å². The molecular formula is C15H18N2O4. The minimum absolute atomic E-state index is 0.00662. The molecule has 1 heterocycles. The van der Waals surface area contributed by atoms with E-state index in [1.807, 2.05) is 19.1 Å². The maximum atomic E-state index is 12.1. The van der Waals surface area contributed by atoms with Crippen LogP contribution in [0, 0.1) is 0 Å². The quantitative estimate of drug-likeness (QED) is 0.736. The predicted molar refractivity (Wildman–Crippen MR) is 77.7 cm³/mol. The fourth-order valence-corrected chi connectivity index (χ4v) is 1.96. The lowest BCUT2D eigenvalue weighted by Gasteiger charge is -2.15. The molecule has 0 saturated heterocycles. The van der Waals surface area contributed by atoms with Crippen LogP contribution in [0.1, 0.15) is 13.3 Å². The Kier molecular flexibility index (Phi) is 4.94. The minimum atomic E-state index is -0.445. The zero-order valence-corrected chi connectivity index (χ0v) is 11.8. The van der Waals surface area contributed by atoms with Crippen LogP contribution >= 0.6 is 0 Å². The van der Waals surface area contributed by atoms with Crippen molar-refractivity contribution in [3.63, 3.8) is 0 Å². The summed E-state index contributed by atoms with van der Waals surface area (Å²) in [5.41, 5.74) is 0.810. The number of nitrogens with zero attached hydrogens (tertiary/aromatic N) is 1. The van der Waals surface area contributed by atoms with E-state index < -0.39 is 11.8 Å². The van der Waals surface area contributed by atoms with Crippen molar-refractivity contribution in [3.05, 3.63) is 36.0 Å².